The number of benzene rings is 9. The SMILES string of the molecule is Cc1ccccc1-c1ccc([NH+](c2ccc(-c3ccccc3)cc2)c2cccc3c2-c2ccccc2C32c3ccccc3C3(c4ccccc4-c4ccccc43)C3C=CC=CC32)cc1. The summed E-state index contributed by atoms with van der Waals surface area (Å²) < 4.78 is 0. The van der Waals surface area contributed by atoms with Crippen molar-refractivity contribution in [2.24, 2.45) is 11.8 Å². The van der Waals surface area contributed by atoms with Gasteiger partial charge in [0.2, 0.25) is 0 Å². The number of allylic oxidation sites excluding steroid dienone is 4. The van der Waals surface area contributed by atoms with E-state index in [9.17, 15) is 0 Å². The highest BCUT2D eigenvalue weighted by Gasteiger charge is 2.64. The van der Waals surface area contributed by atoms with E-state index >= 15 is 0 Å². The van der Waals surface area contributed by atoms with Crippen molar-refractivity contribution in [3.8, 4) is 44.5 Å². The molecular formula is C63H46N+. The van der Waals surface area contributed by atoms with E-state index in [-0.39, 0.29) is 17.3 Å². The molecule has 1 heteroatoms. The molecule has 0 radical (unpaired) electrons. The lowest BCUT2D eigenvalue weighted by Gasteiger charge is -2.56. The monoisotopic (exact) mass is 816 g/mol. The first-order valence-corrected chi connectivity index (χ1v) is 22.8. The van der Waals surface area contributed by atoms with Gasteiger partial charge in [-0.15, -0.1) is 0 Å². The molecule has 4 unspecified atom stereocenters. The van der Waals surface area contributed by atoms with Gasteiger partial charge in [-0.2, -0.15) is 0 Å². The first-order valence-electron chi connectivity index (χ1n) is 22.8. The maximum absolute atomic E-state index is 2.56. The Hall–Kier alpha value is -7.58. The van der Waals surface area contributed by atoms with Gasteiger partial charge >= 0.3 is 0 Å². The molecule has 0 aromatic heterocycles. The molecule has 0 amide bonds. The molecule has 2 spiro atoms. The van der Waals surface area contributed by atoms with Crippen LogP contribution in [-0.4, -0.2) is 0 Å². The zero-order valence-corrected chi connectivity index (χ0v) is 35.7. The third kappa shape index (κ3) is 4.99. The fourth-order valence-corrected chi connectivity index (χ4v) is 12.8. The van der Waals surface area contributed by atoms with E-state index in [1.807, 2.05) is 0 Å². The van der Waals surface area contributed by atoms with Gasteiger partial charge in [0.25, 0.3) is 0 Å². The summed E-state index contributed by atoms with van der Waals surface area (Å²) in [5.74, 6) is 0.286. The first kappa shape index (κ1) is 37.0. The highest BCUT2D eigenvalue weighted by atomic mass is 15.1. The minimum atomic E-state index is -0.445. The fraction of sp³-hybridized carbons (Fsp3) is 0.0794. The quantitative estimate of drug-likeness (QED) is 0.176. The lowest BCUT2D eigenvalue weighted by Crippen LogP contribution is -2.96. The highest BCUT2D eigenvalue weighted by molar-refractivity contribution is 5.93. The summed E-state index contributed by atoms with van der Waals surface area (Å²) in [7, 11) is 0. The third-order valence-corrected chi connectivity index (χ3v) is 15.2. The van der Waals surface area contributed by atoms with Crippen LogP contribution < -0.4 is 4.90 Å². The van der Waals surface area contributed by atoms with Gasteiger partial charge in [0, 0.05) is 47.7 Å². The third-order valence-electron chi connectivity index (χ3n) is 15.2. The Kier molecular flexibility index (Phi) is 8.23. The van der Waals surface area contributed by atoms with Gasteiger partial charge in [-0.25, -0.2) is 4.90 Å². The summed E-state index contributed by atoms with van der Waals surface area (Å²) in [4.78, 5) is 1.24. The molecule has 9 aromatic carbocycles. The molecule has 0 heterocycles. The smallest absolute Gasteiger partial charge is 0.149 e. The van der Waals surface area contributed by atoms with E-state index in [4.69, 9.17) is 0 Å². The molecule has 302 valence electrons. The van der Waals surface area contributed by atoms with Gasteiger partial charge in [-0.05, 0) is 109 Å². The number of quaternary nitrogens is 1. The zero-order chi connectivity index (χ0) is 42.4. The van der Waals surface area contributed by atoms with Crippen molar-refractivity contribution >= 4 is 17.1 Å². The number of aryl methyl sites for hydroxylation is 1. The van der Waals surface area contributed by atoms with Crippen LogP contribution in [0.1, 0.15) is 38.9 Å². The number of hydrogen-bond donors (Lipinski definition) is 1. The predicted octanol–water partition coefficient (Wildman–Crippen LogP) is 14.5. The molecule has 13 rings (SSSR count). The number of rotatable bonds is 5. The van der Waals surface area contributed by atoms with E-state index in [1.54, 1.807) is 0 Å². The molecule has 1 nitrogen and oxygen atoms in total. The minimum Gasteiger partial charge on any atom is -0.237 e. The van der Waals surface area contributed by atoms with Crippen LogP contribution in [0, 0.1) is 18.8 Å². The first-order chi connectivity index (χ1) is 31.7. The lowest BCUT2D eigenvalue weighted by molar-refractivity contribution is -0.680. The molecule has 0 saturated carbocycles. The van der Waals surface area contributed by atoms with Crippen molar-refractivity contribution < 1.29 is 4.90 Å². The van der Waals surface area contributed by atoms with E-state index in [0.29, 0.717) is 0 Å². The van der Waals surface area contributed by atoms with Crippen LogP contribution in [0.3, 0.4) is 0 Å². The molecule has 4 atom stereocenters. The van der Waals surface area contributed by atoms with Gasteiger partial charge < -0.3 is 0 Å². The van der Waals surface area contributed by atoms with Gasteiger partial charge in [-0.1, -0.05) is 188 Å². The van der Waals surface area contributed by atoms with Crippen LogP contribution in [0.15, 0.2) is 243 Å². The van der Waals surface area contributed by atoms with Crippen molar-refractivity contribution in [1.82, 2.24) is 0 Å². The average molecular weight is 817 g/mol. The maximum Gasteiger partial charge on any atom is 0.149 e. The van der Waals surface area contributed by atoms with E-state index in [1.165, 1.54) is 105 Å². The summed E-state index contributed by atoms with van der Waals surface area (Å²) in [6.07, 6.45) is 9.75. The van der Waals surface area contributed by atoms with Crippen LogP contribution in [0.25, 0.3) is 44.5 Å². The van der Waals surface area contributed by atoms with Gasteiger partial charge in [-0.3, -0.25) is 0 Å². The Morgan fingerprint density at radius 3 is 1.33 bits per heavy atom. The highest BCUT2D eigenvalue weighted by Crippen LogP contribution is 2.70. The Bertz CT molecular complexity index is 3310. The van der Waals surface area contributed by atoms with Gasteiger partial charge in [0.15, 0.2) is 0 Å². The van der Waals surface area contributed by atoms with Crippen LogP contribution >= 0.6 is 0 Å². The van der Waals surface area contributed by atoms with Crippen molar-refractivity contribution in [1.29, 1.82) is 0 Å². The number of nitrogens with one attached hydrogen (secondary N) is 1. The van der Waals surface area contributed by atoms with Gasteiger partial charge in [0.05, 0.1) is 10.8 Å². The summed E-state index contributed by atoms with van der Waals surface area (Å²) in [5.41, 5.74) is 22.9. The molecular weight excluding hydrogens is 771 g/mol. The lowest BCUT2D eigenvalue weighted by atomic mass is 9.45. The van der Waals surface area contributed by atoms with Crippen LogP contribution in [0.5, 0.6) is 0 Å². The second kappa shape index (κ2) is 14.2. The zero-order valence-electron chi connectivity index (χ0n) is 35.7. The largest absolute Gasteiger partial charge is 0.237 e. The molecule has 0 fully saturated rings. The topological polar surface area (TPSA) is 4.44 Å². The van der Waals surface area contributed by atoms with Crippen LogP contribution in [0.2, 0.25) is 0 Å². The molecule has 64 heavy (non-hydrogen) atoms. The normalized spacial score (nSPS) is 19.3. The summed E-state index contributed by atoms with van der Waals surface area (Å²) in [6, 6.07) is 82.5. The van der Waals surface area contributed by atoms with Crippen molar-refractivity contribution in [2.75, 3.05) is 0 Å². The summed E-state index contributed by atoms with van der Waals surface area (Å²) >= 11 is 0. The second-order valence-electron chi connectivity index (χ2n) is 18.1. The Morgan fingerprint density at radius 1 is 0.328 bits per heavy atom. The van der Waals surface area contributed by atoms with Crippen molar-refractivity contribution in [3.63, 3.8) is 0 Å². The Morgan fingerprint density at radius 2 is 0.750 bits per heavy atom. The van der Waals surface area contributed by atoms with Crippen LogP contribution in [0.4, 0.5) is 17.1 Å². The molecule has 1 N–H and O–H groups in total. The molecule has 4 aliphatic carbocycles. The standard InChI is InChI=1S/C63H45N/c1-42-18-5-6-21-48(42)45-36-40-47(41-37-45)64(46-38-34-44(35-39-46)43-19-3-2-4-20-43)60-33-17-32-59-61(60)51-24-9-12-27-54(51)63(59)57-30-15-13-28-55(57)62(56-29-14-16-31-58(56)63)52-25-10-7-22-49(52)50-23-8-11-26-53(50)62/h2-41,55,57H,1H3/p+1. The fourth-order valence-electron chi connectivity index (χ4n) is 12.8. The molecule has 4 aliphatic rings. The maximum atomic E-state index is 2.56. The van der Waals surface area contributed by atoms with Crippen LogP contribution in [-0.2, 0) is 10.8 Å². The number of fused-ring (bicyclic) bond motifs is 16. The molecule has 9 aromatic rings. The van der Waals surface area contributed by atoms with E-state index < -0.39 is 5.41 Å². The minimum absolute atomic E-state index is 0.131. The number of hydrogen-bond acceptors (Lipinski definition) is 0. The molecule has 0 saturated heterocycles. The average Bonchev–Trinajstić information content (AvgIpc) is 3.83. The van der Waals surface area contributed by atoms with Crippen molar-refractivity contribution in [2.45, 2.75) is 17.8 Å². The van der Waals surface area contributed by atoms with E-state index in [2.05, 4.69) is 250 Å². The summed E-state index contributed by atoms with van der Waals surface area (Å²) in [5, 5.41) is 0. The Balaban J connectivity index is 1.07. The predicted molar refractivity (Wildman–Crippen MR) is 264 cm³/mol. The second-order valence-corrected chi connectivity index (χ2v) is 18.1. The van der Waals surface area contributed by atoms with Crippen molar-refractivity contribution in [3.05, 3.63) is 282 Å². The Labute approximate surface area is 376 Å². The molecule has 0 aliphatic heterocycles. The van der Waals surface area contributed by atoms with Gasteiger partial charge in [0.1, 0.15) is 17.1 Å². The summed E-state index contributed by atoms with van der Waals surface area (Å²) in [6.45, 7) is 2.20. The molecule has 0 bridgehead atoms. The van der Waals surface area contributed by atoms with E-state index in [0.717, 1.165) is 0 Å².